The van der Waals surface area contributed by atoms with Crippen LogP contribution in [0.25, 0.3) is 10.9 Å². The molecule has 0 saturated carbocycles. The number of fused-ring (bicyclic) bond motifs is 1. The summed E-state index contributed by atoms with van der Waals surface area (Å²) in [6.07, 6.45) is 1.21. The summed E-state index contributed by atoms with van der Waals surface area (Å²) in [5, 5.41) is 2.55. The molecule has 1 aromatic heterocycles. The highest BCUT2D eigenvalue weighted by molar-refractivity contribution is 7.11. The molecule has 1 atom stereocenters. The molecule has 2 aromatic rings. The Hall–Kier alpha value is -1.13. The van der Waals surface area contributed by atoms with Gasteiger partial charge < -0.3 is 10.6 Å². The summed E-state index contributed by atoms with van der Waals surface area (Å²) in [4.78, 5) is 2.38. The fraction of sp³-hybridized carbons (Fsp3) is 0.364. The Morgan fingerprint density at radius 1 is 1.47 bits per heavy atom. The van der Waals surface area contributed by atoms with Crippen molar-refractivity contribution in [2.24, 2.45) is 5.73 Å². The summed E-state index contributed by atoms with van der Waals surface area (Å²) in [6, 6.07) is 8.82. The molecule has 0 amide bonds. The van der Waals surface area contributed by atoms with Crippen molar-refractivity contribution in [3.05, 3.63) is 24.3 Å². The topological polar surface area (TPSA) is 42.1 Å². The van der Waals surface area contributed by atoms with Crippen LogP contribution in [-0.2, 0) is 0 Å². The van der Waals surface area contributed by atoms with E-state index >= 15 is 0 Å². The summed E-state index contributed by atoms with van der Waals surface area (Å²) < 4.78 is 4.45. The van der Waals surface area contributed by atoms with E-state index in [4.69, 9.17) is 5.73 Å². The first-order chi connectivity index (χ1) is 7.40. The zero-order valence-electron chi connectivity index (χ0n) is 8.39. The fourth-order valence-electron chi connectivity index (χ4n) is 2.04. The van der Waals surface area contributed by atoms with Crippen LogP contribution in [0.3, 0.4) is 0 Å². The molecule has 1 unspecified atom stereocenters. The average molecular weight is 219 g/mol. The van der Waals surface area contributed by atoms with Gasteiger partial charge in [-0.25, -0.2) is 0 Å². The van der Waals surface area contributed by atoms with Crippen LogP contribution in [-0.4, -0.2) is 23.5 Å². The molecule has 0 radical (unpaired) electrons. The predicted octanol–water partition coefficient (Wildman–Crippen LogP) is 1.83. The third-order valence-electron chi connectivity index (χ3n) is 3.04. The summed E-state index contributed by atoms with van der Waals surface area (Å²) >= 11 is 1.59. The van der Waals surface area contributed by atoms with E-state index in [1.54, 1.807) is 11.5 Å². The van der Waals surface area contributed by atoms with Crippen LogP contribution in [0.2, 0.25) is 0 Å². The Kier molecular flexibility index (Phi) is 2.11. The van der Waals surface area contributed by atoms with Gasteiger partial charge in [-0.05, 0) is 30.1 Å². The van der Waals surface area contributed by atoms with Gasteiger partial charge in [-0.3, -0.25) is 0 Å². The normalized spacial score (nSPS) is 20.6. The highest BCUT2D eigenvalue weighted by Gasteiger charge is 2.29. The quantitative estimate of drug-likeness (QED) is 0.838. The zero-order chi connectivity index (χ0) is 10.3. The van der Waals surface area contributed by atoms with Gasteiger partial charge in [-0.2, -0.15) is 4.37 Å². The largest absolute Gasteiger partial charge is 0.357 e. The number of rotatable bonds is 2. The van der Waals surface area contributed by atoms with Gasteiger partial charge in [0.2, 0.25) is 0 Å². The maximum Gasteiger partial charge on any atom is 0.120 e. The maximum absolute atomic E-state index is 5.72. The minimum atomic E-state index is 0.522. The van der Waals surface area contributed by atoms with Crippen LogP contribution in [0.4, 0.5) is 5.00 Å². The number of nitrogens with two attached hydrogens (primary N) is 1. The summed E-state index contributed by atoms with van der Waals surface area (Å²) in [7, 11) is 0. The standard InChI is InChI=1S/C11H13N3S/c12-7-8-5-6-14(8)11-9-3-1-2-4-10(9)13-15-11/h1-4,8H,5-7,12H2. The molecule has 0 bridgehead atoms. The average Bonchev–Trinajstić information content (AvgIpc) is 2.62. The number of nitrogens with zero attached hydrogens (tertiary/aromatic N) is 2. The molecule has 0 aliphatic carbocycles. The van der Waals surface area contributed by atoms with E-state index in [-0.39, 0.29) is 0 Å². The number of aromatic nitrogens is 1. The summed E-state index contributed by atoms with van der Waals surface area (Å²) in [6.45, 7) is 1.86. The van der Waals surface area contributed by atoms with Crippen molar-refractivity contribution in [1.29, 1.82) is 0 Å². The molecular formula is C11H13N3S. The molecule has 0 spiro atoms. The van der Waals surface area contributed by atoms with Crippen molar-refractivity contribution in [1.82, 2.24) is 4.37 Å². The van der Waals surface area contributed by atoms with Gasteiger partial charge in [0.25, 0.3) is 0 Å². The second kappa shape index (κ2) is 3.47. The molecule has 1 aromatic carbocycles. The lowest BCUT2D eigenvalue weighted by Crippen LogP contribution is -2.51. The van der Waals surface area contributed by atoms with Crippen LogP contribution in [0.5, 0.6) is 0 Å². The third kappa shape index (κ3) is 1.33. The van der Waals surface area contributed by atoms with Crippen LogP contribution >= 0.6 is 11.5 Å². The minimum absolute atomic E-state index is 0.522. The lowest BCUT2D eigenvalue weighted by molar-refractivity contribution is 0.460. The van der Waals surface area contributed by atoms with Gasteiger partial charge in [0.1, 0.15) is 5.00 Å². The van der Waals surface area contributed by atoms with Crippen molar-refractivity contribution >= 4 is 27.4 Å². The van der Waals surface area contributed by atoms with Gasteiger partial charge in [0, 0.05) is 24.5 Å². The van der Waals surface area contributed by atoms with Crippen LogP contribution in [0.15, 0.2) is 24.3 Å². The smallest absolute Gasteiger partial charge is 0.120 e. The Morgan fingerprint density at radius 3 is 3.07 bits per heavy atom. The monoisotopic (exact) mass is 219 g/mol. The number of hydrogen-bond donors (Lipinski definition) is 1. The van der Waals surface area contributed by atoms with E-state index in [2.05, 4.69) is 27.5 Å². The van der Waals surface area contributed by atoms with E-state index in [1.165, 1.54) is 16.8 Å². The van der Waals surface area contributed by atoms with Crippen LogP contribution < -0.4 is 10.6 Å². The van der Waals surface area contributed by atoms with Gasteiger partial charge in [-0.15, -0.1) is 0 Å². The second-order valence-corrected chi connectivity index (χ2v) is 4.63. The first-order valence-electron chi connectivity index (χ1n) is 5.21. The lowest BCUT2D eigenvalue weighted by Gasteiger charge is -2.41. The van der Waals surface area contributed by atoms with Crippen molar-refractivity contribution < 1.29 is 0 Å². The Morgan fingerprint density at radius 2 is 2.33 bits per heavy atom. The molecule has 1 saturated heterocycles. The van der Waals surface area contributed by atoms with E-state index in [0.717, 1.165) is 18.6 Å². The summed E-state index contributed by atoms with van der Waals surface area (Å²) in [5.74, 6) is 0. The first-order valence-corrected chi connectivity index (χ1v) is 5.98. The zero-order valence-corrected chi connectivity index (χ0v) is 9.20. The Bertz CT molecular complexity index is 477. The highest BCUT2D eigenvalue weighted by atomic mass is 32.1. The molecule has 15 heavy (non-hydrogen) atoms. The van der Waals surface area contributed by atoms with Gasteiger partial charge in [0.15, 0.2) is 0 Å². The van der Waals surface area contributed by atoms with Crippen molar-refractivity contribution in [3.8, 4) is 0 Å². The molecule has 78 valence electrons. The second-order valence-electron chi connectivity index (χ2n) is 3.88. The number of benzene rings is 1. The van der Waals surface area contributed by atoms with E-state index in [0.29, 0.717) is 6.04 Å². The van der Waals surface area contributed by atoms with E-state index in [1.807, 2.05) is 6.07 Å². The Balaban J connectivity index is 2.04. The predicted molar refractivity (Wildman–Crippen MR) is 64.4 cm³/mol. The van der Waals surface area contributed by atoms with Gasteiger partial charge in [0.05, 0.1) is 5.52 Å². The molecule has 3 nitrogen and oxygen atoms in total. The Labute approximate surface area is 92.7 Å². The molecule has 4 heteroatoms. The minimum Gasteiger partial charge on any atom is -0.357 e. The fourth-order valence-corrected chi connectivity index (χ4v) is 3.00. The molecule has 2 heterocycles. The van der Waals surface area contributed by atoms with Gasteiger partial charge in [-0.1, -0.05) is 12.1 Å². The molecular weight excluding hydrogens is 206 g/mol. The van der Waals surface area contributed by atoms with E-state index < -0.39 is 0 Å². The number of hydrogen-bond acceptors (Lipinski definition) is 4. The van der Waals surface area contributed by atoms with Crippen LogP contribution in [0.1, 0.15) is 6.42 Å². The maximum atomic E-state index is 5.72. The molecule has 1 aliphatic rings. The molecule has 2 N–H and O–H groups in total. The summed E-state index contributed by atoms with van der Waals surface area (Å²) in [5.41, 5.74) is 6.81. The molecule has 1 aliphatic heterocycles. The molecule has 1 fully saturated rings. The highest BCUT2D eigenvalue weighted by Crippen LogP contribution is 2.36. The van der Waals surface area contributed by atoms with Gasteiger partial charge >= 0.3 is 0 Å². The van der Waals surface area contributed by atoms with Crippen molar-refractivity contribution in [2.45, 2.75) is 12.5 Å². The molecule has 3 rings (SSSR count). The SMILES string of the molecule is NCC1CCN1c1snc2ccccc12. The van der Waals surface area contributed by atoms with Crippen LogP contribution in [0, 0.1) is 0 Å². The van der Waals surface area contributed by atoms with Crippen molar-refractivity contribution in [3.63, 3.8) is 0 Å². The first kappa shape index (κ1) is 9.12. The van der Waals surface area contributed by atoms with Crippen molar-refractivity contribution in [2.75, 3.05) is 18.0 Å². The van der Waals surface area contributed by atoms with E-state index in [9.17, 15) is 0 Å². The third-order valence-corrected chi connectivity index (χ3v) is 3.96. The number of anilines is 1. The lowest BCUT2D eigenvalue weighted by atomic mass is 10.0.